The largest absolute Gasteiger partial charge is 0.464 e. The smallest absolute Gasteiger partial charge is 0.306 e. The van der Waals surface area contributed by atoms with Crippen molar-refractivity contribution in [2.24, 2.45) is 35.5 Å². The van der Waals surface area contributed by atoms with Crippen molar-refractivity contribution in [3.63, 3.8) is 0 Å². The number of esters is 5. The van der Waals surface area contributed by atoms with Crippen molar-refractivity contribution in [3.05, 3.63) is 0 Å². The standard InChI is InChI=1S/C43H71NO12/c1-31-9-15-34(16-10-31)23-41(48)52-27-37(26-51-30-45)55-39(46)7-5-21-44(4)22-6-8-40(47)56-38(28-53-42(49)24-35-17-11-32(2)12-18-35)29-54-43(50)25-36-19-13-33(3)14-20-36/h30-38H,5-29H2,1-4H3. The molecule has 0 heterocycles. The van der Waals surface area contributed by atoms with E-state index in [0.717, 1.165) is 77.0 Å². The fraction of sp³-hybridized carbons (Fsp3) is 0.860. The van der Waals surface area contributed by atoms with Gasteiger partial charge >= 0.3 is 29.8 Å². The van der Waals surface area contributed by atoms with E-state index in [-0.39, 0.29) is 63.6 Å². The second kappa shape index (κ2) is 26.7. The molecule has 0 bridgehead atoms. The first kappa shape index (κ1) is 47.2. The lowest BCUT2D eigenvalue weighted by atomic mass is 9.81. The van der Waals surface area contributed by atoms with Crippen molar-refractivity contribution in [1.82, 2.24) is 4.90 Å². The Hall–Kier alpha value is -3.22. The van der Waals surface area contributed by atoms with Gasteiger partial charge in [0.1, 0.15) is 26.4 Å². The molecule has 0 saturated heterocycles. The molecular formula is C43H71NO12. The van der Waals surface area contributed by atoms with E-state index in [0.29, 0.717) is 80.7 Å². The van der Waals surface area contributed by atoms with Crippen LogP contribution in [0.2, 0.25) is 0 Å². The lowest BCUT2D eigenvalue weighted by molar-refractivity contribution is -0.167. The Morgan fingerprint density at radius 3 is 1.16 bits per heavy atom. The second-order valence-electron chi connectivity index (χ2n) is 17.2. The molecule has 3 aliphatic carbocycles. The lowest BCUT2D eigenvalue weighted by Gasteiger charge is -2.26. The lowest BCUT2D eigenvalue weighted by Crippen LogP contribution is -2.32. The minimum absolute atomic E-state index is 0.108. The summed E-state index contributed by atoms with van der Waals surface area (Å²) in [7, 11) is 1.88. The van der Waals surface area contributed by atoms with Crippen LogP contribution in [0, 0.1) is 35.5 Å². The van der Waals surface area contributed by atoms with Crippen LogP contribution in [-0.2, 0) is 57.2 Å². The van der Waals surface area contributed by atoms with Crippen LogP contribution in [0.25, 0.3) is 0 Å². The Balaban J connectivity index is 1.34. The van der Waals surface area contributed by atoms with Crippen LogP contribution < -0.4 is 0 Å². The van der Waals surface area contributed by atoms with Crippen molar-refractivity contribution in [1.29, 1.82) is 0 Å². The average Bonchev–Trinajstić information content (AvgIpc) is 3.16. The van der Waals surface area contributed by atoms with E-state index in [2.05, 4.69) is 20.8 Å². The minimum atomic E-state index is -0.887. The maximum absolute atomic E-state index is 12.9. The molecular weight excluding hydrogens is 722 g/mol. The highest BCUT2D eigenvalue weighted by Crippen LogP contribution is 2.32. The van der Waals surface area contributed by atoms with Gasteiger partial charge in [-0.1, -0.05) is 59.3 Å². The number of carbonyl (C=O) groups is 6. The van der Waals surface area contributed by atoms with Gasteiger partial charge in [-0.05, 0) is 107 Å². The van der Waals surface area contributed by atoms with Gasteiger partial charge in [-0.25, -0.2) is 0 Å². The molecule has 0 aromatic heterocycles. The predicted octanol–water partition coefficient (Wildman–Crippen LogP) is 6.75. The first-order valence-electron chi connectivity index (χ1n) is 21.5. The SMILES string of the molecule is CC1CCC(CC(=O)OCC(COC=O)OC(=O)CCCN(C)CCCC(=O)OC(COC(=O)CC2CCC(C)CC2)COC(=O)CC2CCC(C)CC2)CC1. The van der Waals surface area contributed by atoms with Gasteiger partial charge < -0.3 is 33.3 Å². The Labute approximate surface area is 334 Å². The monoisotopic (exact) mass is 793 g/mol. The summed E-state index contributed by atoms with van der Waals surface area (Å²) in [5.41, 5.74) is 0. The van der Waals surface area contributed by atoms with Crippen molar-refractivity contribution >= 4 is 36.3 Å². The number of hydrogen-bond donors (Lipinski definition) is 0. The maximum atomic E-state index is 12.9. The van der Waals surface area contributed by atoms with Crippen LogP contribution in [0.5, 0.6) is 0 Å². The van der Waals surface area contributed by atoms with E-state index in [9.17, 15) is 28.8 Å². The molecule has 1 unspecified atom stereocenters. The first-order valence-corrected chi connectivity index (χ1v) is 21.5. The summed E-state index contributed by atoms with van der Waals surface area (Å²) in [5.74, 6) is 0.988. The predicted molar refractivity (Wildman–Crippen MR) is 208 cm³/mol. The third-order valence-corrected chi connectivity index (χ3v) is 11.9. The van der Waals surface area contributed by atoms with Crippen molar-refractivity contribution in [3.8, 4) is 0 Å². The minimum Gasteiger partial charge on any atom is -0.464 e. The fourth-order valence-electron chi connectivity index (χ4n) is 8.01. The van der Waals surface area contributed by atoms with E-state index in [1.807, 2.05) is 11.9 Å². The summed E-state index contributed by atoms with van der Waals surface area (Å²) in [6.07, 6.45) is 13.1. The topological polar surface area (TPSA) is 161 Å². The number of ether oxygens (including phenoxy) is 6. The molecule has 3 saturated carbocycles. The summed E-state index contributed by atoms with van der Waals surface area (Å²) < 4.78 is 32.3. The van der Waals surface area contributed by atoms with Crippen LogP contribution in [0.1, 0.15) is 143 Å². The third-order valence-electron chi connectivity index (χ3n) is 11.9. The summed E-state index contributed by atoms with van der Waals surface area (Å²) in [6.45, 7) is 7.35. The third kappa shape index (κ3) is 20.8. The van der Waals surface area contributed by atoms with E-state index in [1.54, 1.807) is 0 Å². The molecule has 0 aromatic carbocycles. The van der Waals surface area contributed by atoms with Gasteiger partial charge in [-0.15, -0.1) is 0 Å². The maximum Gasteiger partial charge on any atom is 0.306 e. The Morgan fingerprint density at radius 1 is 0.518 bits per heavy atom. The highest BCUT2D eigenvalue weighted by molar-refractivity contribution is 5.72. The molecule has 3 aliphatic rings. The van der Waals surface area contributed by atoms with E-state index in [1.165, 1.54) is 0 Å². The van der Waals surface area contributed by atoms with Crippen molar-refractivity contribution in [2.45, 2.75) is 155 Å². The van der Waals surface area contributed by atoms with Gasteiger partial charge in [-0.3, -0.25) is 28.8 Å². The molecule has 0 radical (unpaired) electrons. The number of nitrogens with zero attached hydrogens (tertiary/aromatic N) is 1. The average molecular weight is 794 g/mol. The summed E-state index contributed by atoms with van der Waals surface area (Å²) in [6, 6.07) is 0. The highest BCUT2D eigenvalue weighted by Gasteiger charge is 2.27. The van der Waals surface area contributed by atoms with Gasteiger partial charge in [0.2, 0.25) is 0 Å². The quantitative estimate of drug-likeness (QED) is 0.0543. The van der Waals surface area contributed by atoms with Crippen LogP contribution >= 0.6 is 0 Å². The molecule has 3 rings (SSSR count). The highest BCUT2D eigenvalue weighted by atomic mass is 16.6. The molecule has 0 N–H and O–H groups in total. The second-order valence-corrected chi connectivity index (χ2v) is 17.2. The molecule has 3 fully saturated rings. The molecule has 13 nitrogen and oxygen atoms in total. The molecule has 56 heavy (non-hydrogen) atoms. The van der Waals surface area contributed by atoms with Crippen molar-refractivity contribution < 1.29 is 57.2 Å². The number of carbonyl (C=O) groups excluding carboxylic acids is 6. The fourth-order valence-corrected chi connectivity index (χ4v) is 8.01. The molecule has 13 heteroatoms. The zero-order chi connectivity index (χ0) is 40.7. The van der Waals surface area contributed by atoms with E-state index >= 15 is 0 Å². The van der Waals surface area contributed by atoms with E-state index < -0.39 is 24.1 Å². The molecule has 0 spiro atoms. The van der Waals surface area contributed by atoms with Crippen LogP contribution in [0.3, 0.4) is 0 Å². The summed E-state index contributed by atoms with van der Waals surface area (Å²) >= 11 is 0. The molecule has 0 aliphatic heterocycles. The molecule has 1 atom stereocenters. The van der Waals surface area contributed by atoms with Crippen LogP contribution in [0.15, 0.2) is 0 Å². The van der Waals surface area contributed by atoms with Crippen LogP contribution in [0.4, 0.5) is 0 Å². The van der Waals surface area contributed by atoms with Crippen LogP contribution in [-0.4, -0.2) is 100.0 Å². The zero-order valence-corrected chi connectivity index (χ0v) is 34.7. The Kier molecular flexibility index (Phi) is 22.4. The van der Waals surface area contributed by atoms with Crippen molar-refractivity contribution in [2.75, 3.05) is 46.6 Å². The van der Waals surface area contributed by atoms with Gasteiger partial charge in [0.25, 0.3) is 6.47 Å². The normalized spacial score (nSPS) is 24.9. The van der Waals surface area contributed by atoms with Gasteiger partial charge in [-0.2, -0.15) is 0 Å². The van der Waals surface area contributed by atoms with E-state index in [4.69, 9.17) is 28.4 Å². The van der Waals surface area contributed by atoms with Gasteiger partial charge in [0.15, 0.2) is 12.2 Å². The zero-order valence-electron chi connectivity index (χ0n) is 34.7. The first-order chi connectivity index (χ1) is 26.9. The number of hydrogen-bond acceptors (Lipinski definition) is 13. The molecule has 0 amide bonds. The Morgan fingerprint density at radius 2 is 0.839 bits per heavy atom. The molecule has 0 aromatic rings. The Bertz CT molecular complexity index is 1150. The summed E-state index contributed by atoms with van der Waals surface area (Å²) in [5, 5.41) is 0. The van der Waals surface area contributed by atoms with Gasteiger partial charge in [0, 0.05) is 32.1 Å². The van der Waals surface area contributed by atoms with Gasteiger partial charge in [0.05, 0.1) is 0 Å². The summed E-state index contributed by atoms with van der Waals surface area (Å²) in [4.78, 5) is 75.9. The number of rotatable bonds is 25. The molecule has 320 valence electrons.